The van der Waals surface area contributed by atoms with Crippen molar-refractivity contribution in [2.75, 3.05) is 20.3 Å². The molecule has 5 nitrogen and oxygen atoms in total. The van der Waals surface area contributed by atoms with E-state index >= 15 is 0 Å². The summed E-state index contributed by atoms with van der Waals surface area (Å²) in [5, 5.41) is 0.641. The lowest BCUT2D eigenvalue weighted by atomic mass is 10.2. The minimum absolute atomic E-state index is 0.330. The van der Waals surface area contributed by atoms with Gasteiger partial charge in [-0.25, -0.2) is 4.79 Å². The summed E-state index contributed by atoms with van der Waals surface area (Å²) in [4.78, 5) is 14.8. The van der Waals surface area contributed by atoms with Crippen molar-refractivity contribution in [2.24, 2.45) is 0 Å². The first-order valence-corrected chi connectivity index (χ1v) is 9.70. The number of esters is 1. The highest BCUT2D eigenvalue weighted by molar-refractivity contribution is 7.73. The van der Waals surface area contributed by atoms with Crippen molar-refractivity contribution in [3.05, 3.63) is 37.6 Å². The SMILES string of the molecule is CCCCOc1cc(/C=c2\sc(=S)[nH]\c2=C/C(=O)OCC)ccc1OC. The van der Waals surface area contributed by atoms with Crippen LogP contribution in [-0.2, 0) is 9.53 Å². The molecule has 0 unspecified atom stereocenters. The summed E-state index contributed by atoms with van der Waals surface area (Å²) in [5.74, 6) is 0.993. The lowest BCUT2D eigenvalue weighted by Gasteiger charge is -2.10. The Morgan fingerprint density at radius 3 is 2.81 bits per heavy atom. The van der Waals surface area contributed by atoms with Crippen molar-refractivity contribution in [2.45, 2.75) is 26.7 Å². The topological polar surface area (TPSA) is 60.6 Å². The number of methoxy groups -OCH3 is 1. The number of carbonyl (C=O) groups excluding carboxylic acids is 1. The molecule has 0 atom stereocenters. The number of hydrogen-bond donors (Lipinski definition) is 1. The highest BCUT2D eigenvalue weighted by Gasteiger charge is 2.05. The second kappa shape index (κ2) is 10.1. The fourth-order valence-electron chi connectivity index (χ4n) is 2.24. The fraction of sp³-hybridized carbons (Fsp3) is 0.368. The molecule has 140 valence electrons. The van der Waals surface area contributed by atoms with Gasteiger partial charge >= 0.3 is 5.97 Å². The van der Waals surface area contributed by atoms with Crippen molar-refractivity contribution < 1.29 is 19.0 Å². The number of carbonyl (C=O) groups is 1. The van der Waals surface area contributed by atoms with Crippen LogP contribution in [0.25, 0.3) is 12.2 Å². The van der Waals surface area contributed by atoms with E-state index in [1.54, 1.807) is 14.0 Å². The van der Waals surface area contributed by atoms with Gasteiger partial charge in [-0.3, -0.25) is 0 Å². The Morgan fingerprint density at radius 2 is 2.12 bits per heavy atom. The Kier molecular flexibility index (Phi) is 7.87. The van der Waals surface area contributed by atoms with E-state index in [1.807, 2.05) is 24.3 Å². The number of aromatic nitrogens is 1. The first-order valence-electron chi connectivity index (χ1n) is 8.47. The van der Waals surface area contributed by atoms with Crippen molar-refractivity contribution in [1.82, 2.24) is 4.98 Å². The molecule has 0 saturated heterocycles. The van der Waals surface area contributed by atoms with Crippen molar-refractivity contribution in [3.8, 4) is 11.5 Å². The molecule has 1 aromatic heterocycles. The molecule has 0 aliphatic carbocycles. The minimum atomic E-state index is -0.399. The van der Waals surface area contributed by atoms with Crippen LogP contribution < -0.4 is 19.4 Å². The summed E-state index contributed by atoms with van der Waals surface area (Å²) in [6, 6.07) is 5.72. The number of nitrogens with one attached hydrogen (secondary N) is 1. The van der Waals surface area contributed by atoms with E-state index in [1.165, 1.54) is 17.4 Å². The molecule has 26 heavy (non-hydrogen) atoms. The highest BCUT2D eigenvalue weighted by Crippen LogP contribution is 2.28. The quantitative estimate of drug-likeness (QED) is 0.424. The van der Waals surface area contributed by atoms with Crippen LogP contribution in [0.5, 0.6) is 11.5 Å². The van der Waals surface area contributed by atoms with Gasteiger partial charge in [-0.1, -0.05) is 19.4 Å². The number of H-pyrrole nitrogens is 1. The van der Waals surface area contributed by atoms with Crippen molar-refractivity contribution in [3.63, 3.8) is 0 Å². The van der Waals surface area contributed by atoms with Crippen LogP contribution in [0.15, 0.2) is 18.2 Å². The largest absolute Gasteiger partial charge is 0.493 e. The molecular formula is C19H23NO4S2. The third kappa shape index (κ3) is 5.71. The molecular weight excluding hydrogens is 370 g/mol. The highest BCUT2D eigenvalue weighted by atomic mass is 32.1. The van der Waals surface area contributed by atoms with Gasteiger partial charge in [0.25, 0.3) is 0 Å². The third-order valence-electron chi connectivity index (χ3n) is 3.49. The molecule has 0 aliphatic rings. The Morgan fingerprint density at radius 1 is 1.31 bits per heavy atom. The molecule has 0 spiro atoms. The van der Waals surface area contributed by atoms with Gasteiger partial charge < -0.3 is 19.2 Å². The number of benzene rings is 1. The van der Waals surface area contributed by atoms with Gasteiger partial charge in [0, 0.05) is 6.08 Å². The summed E-state index contributed by atoms with van der Waals surface area (Å²) in [5.41, 5.74) is 0.932. The maximum Gasteiger partial charge on any atom is 0.332 e. The standard InChI is InChI=1S/C19H23NO4S2/c1-4-6-9-24-16-10-13(7-8-15(16)22-3)11-17-14(20-19(25)26-17)12-18(21)23-5-2/h7-8,10-12H,4-6,9H2,1-3H3,(H,20,25)/b14-12-,17-11-. The van der Waals surface area contributed by atoms with E-state index in [4.69, 9.17) is 26.4 Å². The Bertz CT molecular complexity index is 914. The lowest BCUT2D eigenvalue weighted by Crippen LogP contribution is -2.23. The molecule has 0 amide bonds. The molecule has 0 saturated carbocycles. The summed E-state index contributed by atoms with van der Waals surface area (Å²) >= 11 is 6.62. The number of hydrogen-bond acceptors (Lipinski definition) is 6. The monoisotopic (exact) mass is 393 g/mol. The summed E-state index contributed by atoms with van der Waals surface area (Å²) < 4.78 is 17.6. The van der Waals surface area contributed by atoms with E-state index in [-0.39, 0.29) is 0 Å². The summed E-state index contributed by atoms with van der Waals surface area (Å²) in [6.07, 6.45) is 5.42. The average Bonchev–Trinajstić information content (AvgIpc) is 2.94. The van der Waals surface area contributed by atoms with Crippen LogP contribution in [0.3, 0.4) is 0 Å². The van der Waals surface area contributed by atoms with Crippen LogP contribution in [0.1, 0.15) is 32.3 Å². The summed E-state index contributed by atoms with van der Waals surface area (Å²) in [6.45, 7) is 4.86. The second-order valence-corrected chi connectivity index (χ2v) is 7.16. The molecule has 0 fully saturated rings. The van der Waals surface area contributed by atoms with E-state index in [0.29, 0.717) is 34.0 Å². The smallest absolute Gasteiger partial charge is 0.332 e. The third-order valence-corrected chi connectivity index (χ3v) is 4.69. The Hall–Kier alpha value is -2.12. The van der Waals surface area contributed by atoms with Crippen molar-refractivity contribution in [1.29, 1.82) is 0 Å². The van der Waals surface area contributed by atoms with Gasteiger partial charge in [0.1, 0.15) is 0 Å². The van der Waals surface area contributed by atoms with E-state index in [0.717, 1.165) is 22.9 Å². The van der Waals surface area contributed by atoms with Gasteiger partial charge in [-0.05, 0) is 49.3 Å². The van der Waals surface area contributed by atoms with Crippen LogP contribution in [0.2, 0.25) is 0 Å². The van der Waals surface area contributed by atoms with E-state index in [2.05, 4.69) is 11.9 Å². The van der Waals surface area contributed by atoms with Gasteiger partial charge in [-0.2, -0.15) is 0 Å². The molecule has 1 heterocycles. The Balaban J connectivity index is 2.42. The van der Waals surface area contributed by atoms with Gasteiger partial charge in [0.05, 0.1) is 30.2 Å². The number of thiazole rings is 1. The van der Waals surface area contributed by atoms with Gasteiger partial charge in [0.2, 0.25) is 0 Å². The number of aromatic amines is 1. The van der Waals surface area contributed by atoms with Crippen LogP contribution >= 0.6 is 23.6 Å². The second-order valence-electron chi connectivity index (χ2n) is 5.45. The zero-order valence-corrected chi connectivity index (χ0v) is 16.8. The minimum Gasteiger partial charge on any atom is -0.493 e. The zero-order valence-electron chi connectivity index (χ0n) is 15.2. The molecule has 2 aromatic rings. The molecule has 0 aliphatic heterocycles. The fourth-order valence-corrected chi connectivity index (χ4v) is 3.40. The van der Waals surface area contributed by atoms with E-state index in [9.17, 15) is 4.79 Å². The number of unbranched alkanes of at least 4 members (excludes halogenated alkanes) is 1. The maximum absolute atomic E-state index is 11.7. The molecule has 0 radical (unpaired) electrons. The van der Waals surface area contributed by atoms with Crippen LogP contribution in [0, 0.1) is 3.95 Å². The van der Waals surface area contributed by atoms with Crippen LogP contribution in [0.4, 0.5) is 0 Å². The van der Waals surface area contributed by atoms with Crippen molar-refractivity contribution >= 4 is 41.7 Å². The summed E-state index contributed by atoms with van der Waals surface area (Å²) in [7, 11) is 1.62. The predicted molar refractivity (Wildman–Crippen MR) is 107 cm³/mol. The molecule has 1 aromatic carbocycles. The zero-order chi connectivity index (χ0) is 18.9. The Labute approximate surface area is 161 Å². The predicted octanol–water partition coefficient (Wildman–Crippen LogP) is 3.17. The normalized spacial score (nSPS) is 12.3. The molecule has 2 rings (SSSR count). The molecule has 7 heteroatoms. The lowest BCUT2D eigenvalue weighted by molar-refractivity contribution is -0.135. The van der Waals surface area contributed by atoms with E-state index < -0.39 is 5.97 Å². The first kappa shape index (κ1) is 20.2. The first-order chi connectivity index (χ1) is 12.6. The van der Waals surface area contributed by atoms with Gasteiger partial charge in [-0.15, -0.1) is 11.3 Å². The average molecular weight is 394 g/mol. The maximum atomic E-state index is 11.7. The number of ether oxygens (including phenoxy) is 3. The van der Waals surface area contributed by atoms with Gasteiger partial charge in [0.15, 0.2) is 15.5 Å². The molecule has 1 N–H and O–H groups in total. The number of rotatable bonds is 8. The van der Waals surface area contributed by atoms with Crippen LogP contribution in [-0.4, -0.2) is 31.3 Å². The molecule has 0 bridgehead atoms.